The maximum absolute atomic E-state index is 14.4. The normalized spacial score (nSPS) is 30.3. The molecule has 0 radical (unpaired) electrons. The average Bonchev–Trinajstić information content (AvgIpc) is 3.82. The second-order valence-corrected chi connectivity index (χ2v) is 18.3. The molecule has 2 bridgehead atoms. The number of esters is 4. The van der Waals surface area contributed by atoms with Gasteiger partial charge in [-0.1, -0.05) is 43.3 Å². The van der Waals surface area contributed by atoms with Gasteiger partial charge in [-0.3, -0.25) is 14.4 Å². The third-order valence-corrected chi connectivity index (χ3v) is 14.6. The second-order valence-electron chi connectivity index (χ2n) is 16.4. The summed E-state index contributed by atoms with van der Waals surface area (Å²) in [5.74, 6) is -5.46. The van der Waals surface area contributed by atoms with E-state index in [-0.39, 0.29) is 52.4 Å². The van der Waals surface area contributed by atoms with Crippen LogP contribution >= 0.6 is 0 Å². The van der Waals surface area contributed by atoms with Gasteiger partial charge in [0.25, 0.3) is 9.84 Å². The molecule has 3 aliphatic carbocycles. The number of benzene rings is 2. The number of sulfone groups is 1. The van der Waals surface area contributed by atoms with Crippen LogP contribution in [0.1, 0.15) is 73.6 Å². The lowest BCUT2D eigenvalue weighted by atomic mass is 9.43. The summed E-state index contributed by atoms with van der Waals surface area (Å²) in [7, 11) is -4.28. The number of Topliss-reactive ketones (excluding diaryl/α,β-unsaturated/α-hetero) is 1. The van der Waals surface area contributed by atoms with Crippen molar-refractivity contribution in [3.05, 3.63) is 82.8 Å². The molecular formula is C41H43N2O15S+. The molecule has 3 aromatic rings. The summed E-state index contributed by atoms with van der Waals surface area (Å²) in [6, 6.07) is 12.7. The number of fused-ring (bicyclic) bond motifs is 1. The third kappa shape index (κ3) is 6.20. The highest BCUT2D eigenvalue weighted by Crippen LogP contribution is 2.71. The van der Waals surface area contributed by atoms with E-state index in [0.717, 1.165) is 0 Å². The first kappa shape index (κ1) is 40.2. The van der Waals surface area contributed by atoms with E-state index in [1.165, 1.54) is 55.5 Å². The number of carbonyl (C=O) groups excluding carboxylic acids is 5. The fraction of sp³-hybridized carbons (Fsp3) is 0.488. The van der Waals surface area contributed by atoms with Crippen LogP contribution in [-0.2, 0) is 47.9 Å². The molecule has 2 aliphatic heterocycles. The van der Waals surface area contributed by atoms with Crippen LogP contribution < -0.4 is 9.34 Å². The van der Waals surface area contributed by atoms with E-state index in [0.29, 0.717) is 25.7 Å². The zero-order valence-electron chi connectivity index (χ0n) is 32.5. The Morgan fingerprint density at radius 1 is 0.949 bits per heavy atom. The Kier molecular flexibility index (Phi) is 9.93. The quantitative estimate of drug-likeness (QED) is 0.0950. The number of ether oxygens (including phenoxy) is 6. The number of nitrogens with one attached hydrogen (secondary N) is 1. The number of H-pyrrole nitrogens is 1. The Morgan fingerprint density at radius 2 is 1.64 bits per heavy atom. The number of aromatic nitrogens is 2. The first-order chi connectivity index (χ1) is 28.0. The van der Waals surface area contributed by atoms with Gasteiger partial charge >= 0.3 is 34.8 Å². The van der Waals surface area contributed by atoms with Gasteiger partial charge in [0.05, 0.1) is 35.8 Å². The van der Waals surface area contributed by atoms with Crippen molar-refractivity contribution in [2.45, 2.75) is 81.3 Å². The van der Waals surface area contributed by atoms with Crippen molar-refractivity contribution >= 4 is 39.5 Å². The topological polar surface area (TPSA) is 227 Å². The Bertz CT molecular complexity index is 2400. The molecule has 5 fully saturated rings. The number of carbonyl (C=O) groups is 5. The van der Waals surface area contributed by atoms with Gasteiger partial charge < -0.3 is 28.4 Å². The van der Waals surface area contributed by atoms with Gasteiger partial charge in [-0.25, -0.2) is 18.0 Å². The maximum atomic E-state index is 14.4. The lowest BCUT2D eigenvalue weighted by molar-refractivity contribution is -0.744. The van der Waals surface area contributed by atoms with Crippen LogP contribution in [0.4, 0.5) is 0 Å². The Labute approximate surface area is 337 Å². The average molecular weight is 836 g/mol. The van der Waals surface area contributed by atoms with E-state index in [1.807, 2.05) is 0 Å². The fourth-order valence-electron chi connectivity index (χ4n) is 10.4. The minimum absolute atomic E-state index is 0.0511. The van der Waals surface area contributed by atoms with Crippen molar-refractivity contribution in [3.8, 4) is 5.88 Å². The van der Waals surface area contributed by atoms with Gasteiger partial charge in [0, 0.05) is 30.6 Å². The van der Waals surface area contributed by atoms with Crippen molar-refractivity contribution in [1.29, 1.82) is 0 Å². The van der Waals surface area contributed by atoms with Gasteiger partial charge in [-0.05, 0) is 89.1 Å². The molecule has 17 nitrogen and oxygen atoms in total. The van der Waals surface area contributed by atoms with Crippen molar-refractivity contribution in [2.75, 3.05) is 19.8 Å². The largest absolute Gasteiger partial charge is 0.462 e. The number of nitrogens with zero attached hydrogens (tertiary/aromatic N) is 1. The van der Waals surface area contributed by atoms with Crippen LogP contribution in [0.5, 0.6) is 5.88 Å². The zero-order valence-corrected chi connectivity index (χ0v) is 33.3. The molecule has 3 saturated carbocycles. The number of ketones is 1. The number of hydrogen-bond donors (Lipinski definition) is 1. The fourth-order valence-corrected chi connectivity index (χ4v) is 11.7. The molecule has 59 heavy (non-hydrogen) atoms. The highest BCUT2D eigenvalue weighted by molar-refractivity contribution is 7.91. The molecule has 312 valence electrons. The summed E-state index contributed by atoms with van der Waals surface area (Å²) < 4.78 is 65.3. The van der Waals surface area contributed by atoms with Crippen LogP contribution in [0.3, 0.4) is 0 Å². The van der Waals surface area contributed by atoms with Crippen LogP contribution in [0, 0.1) is 38.9 Å². The molecule has 8 rings (SSSR count). The van der Waals surface area contributed by atoms with E-state index >= 15 is 0 Å². The molecule has 1 N–H and O–H groups in total. The van der Waals surface area contributed by atoms with Gasteiger partial charge in [-0.2, -0.15) is 0 Å². The SMILES string of the molecule is C=C1C(=O)[C@@]23C(=O)O[C@H]4CCC(C)(C)[C@H]5[C@H](OC(C)=O)OC[C@@]45[C@@H]2CC[C@@H]1[C@H]3OC(=O)c1ccc(C(=O)OCCCOc2[nH]o[n+](=O)c2S(=O)(=O)c2ccccc2)cc1. The van der Waals surface area contributed by atoms with Gasteiger partial charge in [-0.15, -0.1) is 0 Å². The molecule has 0 amide bonds. The van der Waals surface area contributed by atoms with Crippen LogP contribution in [0.25, 0.3) is 0 Å². The predicted octanol–water partition coefficient (Wildman–Crippen LogP) is 3.93. The maximum Gasteiger partial charge on any atom is 0.404 e. The molecule has 18 heteroatoms. The molecular weight excluding hydrogens is 793 g/mol. The number of rotatable bonds is 11. The molecule has 0 unspecified atom stereocenters. The Morgan fingerprint density at radius 3 is 2.34 bits per heavy atom. The Hall–Kier alpha value is -5.62. The summed E-state index contributed by atoms with van der Waals surface area (Å²) in [6.07, 6.45) is -0.567. The van der Waals surface area contributed by atoms with E-state index < -0.39 is 103 Å². The molecule has 1 aromatic heterocycles. The number of aromatic amines is 1. The van der Waals surface area contributed by atoms with Crippen molar-refractivity contribution < 1.29 is 70.0 Å². The van der Waals surface area contributed by atoms with Crippen LogP contribution in [0.15, 0.2) is 81.3 Å². The summed E-state index contributed by atoms with van der Waals surface area (Å²) in [5.41, 5.74) is -2.85. The molecule has 2 aromatic carbocycles. The minimum Gasteiger partial charge on any atom is -0.462 e. The van der Waals surface area contributed by atoms with Crippen LogP contribution in [0.2, 0.25) is 0 Å². The highest BCUT2D eigenvalue weighted by atomic mass is 32.2. The lowest BCUT2D eigenvalue weighted by Gasteiger charge is -2.62. The molecule has 2 spiro atoms. The van der Waals surface area contributed by atoms with Gasteiger partial charge in [0.15, 0.2) is 11.2 Å². The summed E-state index contributed by atoms with van der Waals surface area (Å²) in [4.78, 5) is 79.5. The summed E-state index contributed by atoms with van der Waals surface area (Å²) in [5, 5.41) is 1.37. The third-order valence-electron chi connectivity index (χ3n) is 12.9. The van der Waals surface area contributed by atoms with E-state index in [4.69, 9.17) is 28.4 Å². The van der Waals surface area contributed by atoms with Crippen LogP contribution in [-0.4, -0.2) is 81.6 Å². The monoisotopic (exact) mass is 835 g/mol. The number of hydrogen-bond acceptors (Lipinski definition) is 15. The second kappa shape index (κ2) is 14.6. The molecule has 3 heterocycles. The zero-order chi connectivity index (χ0) is 42.1. The standard InChI is InChI=1S/C41H43N2O15S/c1-22-27-15-16-28-40-21-54-37(55-23(2)44)30(40)39(3,4)18-17-29(40)56-38(48)41(28,31(22)45)32(27)57-36(47)25-13-11-24(12-14-25)35(46)53-20-8-19-52-33-34(43(49)58-42-33)59(50,51)26-9-6-5-7-10-26/h5-7,9-14,27-30,32,37,42H,1,8,15-21H2,2-4H3/q+1/t27-,28-,29-,30+,32+,37-,40+,41-/m0/s1. The smallest absolute Gasteiger partial charge is 0.404 e. The molecule has 2 saturated heterocycles. The van der Waals surface area contributed by atoms with E-state index in [2.05, 4.69) is 30.2 Å². The Balaban J connectivity index is 0.935. The van der Waals surface area contributed by atoms with Crippen molar-refractivity contribution in [2.24, 2.45) is 34.0 Å². The summed E-state index contributed by atoms with van der Waals surface area (Å²) in [6.45, 7) is 9.26. The first-order valence-electron chi connectivity index (χ1n) is 19.3. The van der Waals surface area contributed by atoms with E-state index in [9.17, 15) is 37.3 Å². The minimum atomic E-state index is -4.28. The first-order valence-corrected chi connectivity index (χ1v) is 20.8. The highest BCUT2D eigenvalue weighted by Gasteiger charge is 2.81. The molecule has 5 aliphatic rings. The summed E-state index contributed by atoms with van der Waals surface area (Å²) >= 11 is 0. The van der Waals surface area contributed by atoms with Gasteiger partial charge in [0.1, 0.15) is 12.2 Å². The van der Waals surface area contributed by atoms with Crippen molar-refractivity contribution in [1.82, 2.24) is 5.16 Å². The van der Waals surface area contributed by atoms with E-state index in [1.54, 1.807) is 6.07 Å². The lowest BCUT2D eigenvalue weighted by Crippen LogP contribution is -2.71. The molecule has 8 atom stereocenters. The predicted molar refractivity (Wildman–Crippen MR) is 197 cm³/mol. The van der Waals surface area contributed by atoms with Crippen molar-refractivity contribution in [3.63, 3.8) is 0 Å². The van der Waals surface area contributed by atoms with Gasteiger partial charge in [0.2, 0.25) is 10.9 Å².